The normalized spacial score (nSPS) is 10.2. The summed E-state index contributed by atoms with van der Waals surface area (Å²) in [7, 11) is 0. The van der Waals surface area contributed by atoms with Crippen LogP contribution in [0.4, 0.5) is 5.69 Å². The van der Waals surface area contributed by atoms with Crippen molar-refractivity contribution in [2.24, 2.45) is 0 Å². The van der Waals surface area contributed by atoms with Gasteiger partial charge in [0.25, 0.3) is 0 Å². The van der Waals surface area contributed by atoms with Gasteiger partial charge >= 0.3 is 0 Å². The number of carbonyl (C=O) groups is 1. The summed E-state index contributed by atoms with van der Waals surface area (Å²) >= 11 is 3.27. The molecule has 0 heterocycles. The van der Waals surface area contributed by atoms with Crippen LogP contribution < -0.4 is 10.5 Å². The highest BCUT2D eigenvalue weighted by molar-refractivity contribution is 9.10. The largest absolute Gasteiger partial charge is 0.491 e. The van der Waals surface area contributed by atoms with E-state index in [1.54, 1.807) is 12.1 Å². The fourth-order valence-electron chi connectivity index (χ4n) is 1.28. The monoisotopic (exact) mass is 287 g/mol. The van der Waals surface area contributed by atoms with Gasteiger partial charge in [0, 0.05) is 17.5 Å². The predicted molar refractivity (Wildman–Crippen MR) is 65.8 cm³/mol. The van der Waals surface area contributed by atoms with Crippen molar-refractivity contribution in [2.75, 3.05) is 18.9 Å². The fraction of sp³-hybridized carbons (Fsp3) is 0.364. The lowest BCUT2D eigenvalue weighted by Crippen LogP contribution is -2.07. The number of ketones is 1. The molecule has 0 aliphatic heterocycles. The van der Waals surface area contributed by atoms with Crippen LogP contribution in [0.2, 0.25) is 0 Å². The van der Waals surface area contributed by atoms with Crippen molar-refractivity contribution in [3.8, 4) is 5.75 Å². The molecular weight excluding hydrogens is 274 g/mol. The number of benzene rings is 1. The van der Waals surface area contributed by atoms with Gasteiger partial charge in [-0.2, -0.15) is 0 Å². The molecule has 0 atom stereocenters. The second-order valence-corrected chi connectivity index (χ2v) is 4.27. The molecule has 0 fully saturated rings. The van der Waals surface area contributed by atoms with Crippen LogP contribution in [0.5, 0.6) is 5.75 Å². The molecule has 0 spiro atoms. The summed E-state index contributed by atoms with van der Waals surface area (Å²) in [6.07, 6.45) is 0.507. The molecule has 0 bridgehead atoms. The smallest absolute Gasteiger partial charge is 0.163 e. The topological polar surface area (TPSA) is 72.6 Å². The Kier molecular flexibility index (Phi) is 4.76. The number of hydrogen-bond acceptors (Lipinski definition) is 4. The zero-order chi connectivity index (χ0) is 12.1. The van der Waals surface area contributed by atoms with Crippen LogP contribution in [0.25, 0.3) is 0 Å². The van der Waals surface area contributed by atoms with Crippen molar-refractivity contribution in [3.05, 3.63) is 22.2 Å². The van der Waals surface area contributed by atoms with E-state index >= 15 is 0 Å². The molecule has 3 N–H and O–H groups in total. The molecule has 0 amide bonds. The molecule has 0 aliphatic rings. The molecule has 0 radical (unpaired) electrons. The Hall–Kier alpha value is -1.07. The van der Waals surface area contributed by atoms with Gasteiger partial charge in [-0.3, -0.25) is 4.79 Å². The number of aliphatic hydroxyl groups is 1. The van der Waals surface area contributed by atoms with Crippen molar-refractivity contribution in [3.63, 3.8) is 0 Å². The molecule has 1 aromatic carbocycles. The van der Waals surface area contributed by atoms with Crippen LogP contribution in [0, 0.1) is 0 Å². The van der Waals surface area contributed by atoms with Crippen molar-refractivity contribution in [1.82, 2.24) is 0 Å². The first kappa shape index (κ1) is 13.0. The Labute approximate surface area is 103 Å². The van der Waals surface area contributed by atoms with E-state index in [2.05, 4.69) is 15.9 Å². The lowest BCUT2D eigenvalue weighted by atomic mass is 10.1. The minimum atomic E-state index is -0.105. The fourth-order valence-corrected chi connectivity index (χ4v) is 1.75. The van der Waals surface area contributed by atoms with Crippen molar-refractivity contribution < 1.29 is 14.6 Å². The lowest BCUT2D eigenvalue weighted by Gasteiger charge is -2.12. The van der Waals surface area contributed by atoms with Crippen molar-refractivity contribution in [1.29, 1.82) is 0 Å². The number of hydrogen-bond donors (Lipinski definition) is 2. The van der Waals surface area contributed by atoms with Gasteiger partial charge in [-0.05, 0) is 19.1 Å². The van der Waals surface area contributed by atoms with Crippen LogP contribution >= 0.6 is 15.9 Å². The molecule has 16 heavy (non-hydrogen) atoms. The first-order valence-electron chi connectivity index (χ1n) is 4.90. The minimum Gasteiger partial charge on any atom is -0.491 e. The maximum Gasteiger partial charge on any atom is 0.163 e. The van der Waals surface area contributed by atoms with Gasteiger partial charge < -0.3 is 15.6 Å². The van der Waals surface area contributed by atoms with E-state index in [-0.39, 0.29) is 12.4 Å². The van der Waals surface area contributed by atoms with Gasteiger partial charge in [0.15, 0.2) is 11.5 Å². The number of rotatable bonds is 5. The predicted octanol–water partition coefficient (Wildman–Crippen LogP) is 2.00. The number of anilines is 1. The number of Topliss-reactive ketones (excluding diaryl/α,β-unsaturated/α-hetero) is 1. The van der Waals surface area contributed by atoms with Gasteiger partial charge in [-0.15, -0.1) is 0 Å². The van der Waals surface area contributed by atoms with Gasteiger partial charge in [-0.1, -0.05) is 15.9 Å². The highest BCUT2D eigenvalue weighted by Crippen LogP contribution is 2.31. The van der Waals surface area contributed by atoms with E-state index in [0.29, 0.717) is 30.0 Å². The molecule has 4 nitrogen and oxygen atoms in total. The summed E-state index contributed by atoms with van der Waals surface area (Å²) in [5.41, 5.74) is 6.64. The molecule has 5 heteroatoms. The van der Waals surface area contributed by atoms with E-state index in [1.165, 1.54) is 6.92 Å². The SMILES string of the molecule is CC(=O)c1cc(Br)cc(N)c1OCCCO. The minimum absolute atomic E-state index is 0.0475. The van der Waals surface area contributed by atoms with Crippen molar-refractivity contribution in [2.45, 2.75) is 13.3 Å². The second-order valence-electron chi connectivity index (χ2n) is 3.35. The second kappa shape index (κ2) is 5.86. The van der Waals surface area contributed by atoms with E-state index in [1.807, 2.05) is 0 Å². The van der Waals surface area contributed by atoms with Crippen LogP contribution in [-0.2, 0) is 0 Å². The van der Waals surface area contributed by atoms with Gasteiger partial charge in [-0.25, -0.2) is 0 Å². The summed E-state index contributed by atoms with van der Waals surface area (Å²) in [5, 5.41) is 8.65. The highest BCUT2D eigenvalue weighted by Gasteiger charge is 2.13. The van der Waals surface area contributed by atoms with Crippen LogP contribution in [0.1, 0.15) is 23.7 Å². The summed E-state index contributed by atoms with van der Waals surface area (Å²) in [4.78, 5) is 11.4. The summed E-state index contributed by atoms with van der Waals surface area (Å²) in [6, 6.07) is 3.35. The first-order valence-corrected chi connectivity index (χ1v) is 5.69. The molecular formula is C11H14BrNO3. The maximum atomic E-state index is 11.4. The molecule has 0 saturated heterocycles. The van der Waals surface area contributed by atoms with Crippen LogP contribution in [-0.4, -0.2) is 24.1 Å². The molecule has 0 aromatic heterocycles. The van der Waals surface area contributed by atoms with Gasteiger partial charge in [0.1, 0.15) is 0 Å². The van der Waals surface area contributed by atoms with Gasteiger partial charge in [0.2, 0.25) is 0 Å². The van der Waals surface area contributed by atoms with Crippen LogP contribution in [0.15, 0.2) is 16.6 Å². The van der Waals surface area contributed by atoms with Gasteiger partial charge in [0.05, 0.1) is 17.9 Å². The molecule has 0 saturated carbocycles. The third-order valence-corrected chi connectivity index (χ3v) is 2.47. The summed E-state index contributed by atoms with van der Waals surface area (Å²) in [5.74, 6) is 0.288. The average Bonchev–Trinajstić information content (AvgIpc) is 2.20. The van der Waals surface area contributed by atoms with E-state index in [4.69, 9.17) is 15.6 Å². The number of halogens is 1. The lowest BCUT2D eigenvalue weighted by molar-refractivity contribution is 0.101. The molecule has 1 rings (SSSR count). The molecule has 88 valence electrons. The summed E-state index contributed by atoms with van der Waals surface area (Å²) < 4.78 is 6.14. The van der Waals surface area contributed by atoms with E-state index in [0.717, 1.165) is 4.47 Å². The third-order valence-electron chi connectivity index (χ3n) is 2.01. The molecule has 0 aliphatic carbocycles. The number of carbonyl (C=O) groups excluding carboxylic acids is 1. The van der Waals surface area contributed by atoms with E-state index in [9.17, 15) is 4.79 Å². The Morgan fingerprint density at radius 2 is 2.25 bits per heavy atom. The first-order chi connectivity index (χ1) is 7.56. The zero-order valence-corrected chi connectivity index (χ0v) is 10.6. The Morgan fingerprint density at radius 1 is 1.56 bits per heavy atom. The Balaban J connectivity index is 2.99. The molecule has 1 aromatic rings. The number of nitrogens with two attached hydrogens (primary N) is 1. The Morgan fingerprint density at radius 3 is 2.81 bits per heavy atom. The standard InChI is InChI=1S/C11H14BrNO3/c1-7(15)9-5-8(12)6-10(13)11(9)16-4-2-3-14/h5-6,14H,2-4,13H2,1H3. The number of aliphatic hydroxyl groups excluding tert-OH is 1. The highest BCUT2D eigenvalue weighted by atomic mass is 79.9. The van der Waals surface area contributed by atoms with Crippen molar-refractivity contribution >= 4 is 27.4 Å². The Bertz CT molecular complexity index is 393. The quantitative estimate of drug-likeness (QED) is 0.494. The number of nitrogen functional groups attached to an aromatic ring is 1. The average molecular weight is 288 g/mol. The van der Waals surface area contributed by atoms with E-state index < -0.39 is 0 Å². The molecule has 0 unspecified atom stereocenters. The zero-order valence-electron chi connectivity index (χ0n) is 9.00. The van der Waals surface area contributed by atoms with Crippen LogP contribution in [0.3, 0.4) is 0 Å². The number of ether oxygens (including phenoxy) is 1. The maximum absolute atomic E-state index is 11.4. The summed E-state index contributed by atoms with van der Waals surface area (Å²) in [6.45, 7) is 1.84. The third kappa shape index (κ3) is 3.21.